The normalized spacial score (nSPS) is 17.1. The van der Waals surface area contributed by atoms with Crippen molar-refractivity contribution in [2.75, 3.05) is 19.6 Å². The maximum absolute atomic E-state index is 12.6. The van der Waals surface area contributed by atoms with E-state index in [4.69, 9.17) is 22.1 Å². The van der Waals surface area contributed by atoms with Gasteiger partial charge in [0.1, 0.15) is 12.4 Å². The van der Waals surface area contributed by atoms with Gasteiger partial charge < -0.3 is 15.4 Å². The molecule has 1 aliphatic heterocycles. The van der Waals surface area contributed by atoms with Gasteiger partial charge in [-0.1, -0.05) is 29.8 Å². The van der Waals surface area contributed by atoms with Crippen LogP contribution in [0.15, 0.2) is 48.5 Å². The summed E-state index contributed by atoms with van der Waals surface area (Å²) in [6, 6.07) is 14.9. The highest BCUT2D eigenvalue weighted by atomic mass is 35.5. The SMILES string of the molecule is NCC1CCN(C(=O)c2cccc(OCc3cccc(Cl)c3)c2)C1. The zero-order valence-corrected chi connectivity index (χ0v) is 14.2. The number of likely N-dealkylation sites (tertiary alicyclic amines) is 1. The van der Waals surface area contributed by atoms with E-state index in [0.29, 0.717) is 35.4 Å². The quantitative estimate of drug-likeness (QED) is 0.905. The fourth-order valence-corrected chi connectivity index (χ4v) is 3.12. The average molecular weight is 345 g/mol. The molecule has 0 saturated carbocycles. The second-order valence-electron chi connectivity index (χ2n) is 6.09. The van der Waals surface area contributed by atoms with Crippen LogP contribution in [-0.4, -0.2) is 30.4 Å². The molecule has 1 unspecified atom stereocenters. The Balaban J connectivity index is 1.64. The number of hydrogen-bond donors (Lipinski definition) is 1. The van der Waals surface area contributed by atoms with Gasteiger partial charge in [0.05, 0.1) is 0 Å². The third kappa shape index (κ3) is 4.08. The molecule has 1 saturated heterocycles. The number of nitrogens with zero attached hydrogens (tertiary/aromatic N) is 1. The van der Waals surface area contributed by atoms with Gasteiger partial charge >= 0.3 is 0 Å². The molecule has 1 aliphatic rings. The molecular weight excluding hydrogens is 324 g/mol. The summed E-state index contributed by atoms with van der Waals surface area (Å²) < 4.78 is 5.79. The van der Waals surface area contributed by atoms with Crippen LogP contribution in [0.1, 0.15) is 22.3 Å². The van der Waals surface area contributed by atoms with Crippen molar-refractivity contribution >= 4 is 17.5 Å². The molecule has 2 N–H and O–H groups in total. The monoisotopic (exact) mass is 344 g/mol. The molecular formula is C19H21ClN2O2. The first-order valence-corrected chi connectivity index (χ1v) is 8.50. The molecule has 0 aliphatic carbocycles. The van der Waals surface area contributed by atoms with Gasteiger partial charge in [0, 0.05) is 23.7 Å². The zero-order valence-electron chi connectivity index (χ0n) is 13.5. The van der Waals surface area contributed by atoms with Crippen molar-refractivity contribution in [3.63, 3.8) is 0 Å². The first-order chi connectivity index (χ1) is 11.7. The fourth-order valence-electron chi connectivity index (χ4n) is 2.90. The number of ether oxygens (including phenoxy) is 1. The van der Waals surface area contributed by atoms with Gasteiger partial charge in [0.2, 0.25) is 0 Å². The first-order valence-electron chi connectivity index (χ1n) is 8.12. The Kier molecular flexibility index (Phi) is 5.38. The third-order valence-corrected chi connectivity index (χ3v) is 4.52. The van der Waals surface area contributed by atoms with Gasteiger partial charge in [0.15, 0.2) is 0 Å². The number of nitrogens with two attached hydrogens (primary N) is 1. The van der Waals surface area contributed by atoms with Crippen molar-refractivity contribution in [3.05, 3.63) is 64.7 Å². The van der Waals surface area contributed by atoms with Crippen LogP contribution in [0, 0.1) is 5.92 Å². The molecule has 1 heterocycles. The molecule has 24 heavy (non-hydrogen) atoms. The lowest BCUT2D eigenvalue weighted by atomic mass is 10.1. The third-order valence-electron chi connectivity index (χ3n) is 4.28. The average Bonchev–Trinajstić information content (AvgIpc) is 3.09. The second kappa shape index (κ2) is 7.69. The van der Waals surface area contributed by atoms with Crippen LogP contribution >= 0.6 is 11.6 Å². The molecule has 126 valence electrons. The van der Waals surface area contributed by atoms with Crippen molar-refractivity contribution in [1.82, 2.24) is 4.90 Å². The van der Waals surface area contributed by atoms with Crippen molar-refractivity contribution in [2.45, 2.75) is 13.0 Å². The smallest absolute Gasteiger partial charge is 0.253 e. The van der Waals surface area contributed by atoms with Gasteiger partial charge in [-0.2, -0.15) is 0 Å². The minimum absolute atomic E-state index is 0.0409. The van der Waals surface area contributed by atoms with E-state index in [-0.39, 0.29) is 5.91 Å². The standard InChI is InChI=1S/C19H21ClN2O2/c20-17-5-1-3-14(9-17)13-24-18-6-2-4-16(10-18)19(23)22-8-7-15(11-21)12-22/h1-6,9-10,15H,7-8,11-13,21H2. The maximum atomic E-state index is 12.6. The Morgan fingerprint density at radius 1 is 1.25 bits per heavy atom. The maximum Gasteiger partial charge on any atom is 0.253 e. The lowest BCUT2D eigenvalue weighted by Crippen LogP contribution is -2.29. The van der Waals surface area contributed by atoms with E-state index in [9.17, 15) is 4.79 Å². The molecule has 2 aromatic carbocycles. The van der Waals surface area contributed by atoms with Crippen LogP contribution < -0.4 is 10.5 Å². The lowest BCUT2D eigenvalue weighted by Gasteiger charge is -2.17. The minimum Gasteiger partial charge on any atom is -0.489 e. The van der Waals surface area contributed by atoms with E-state index in [0.717, 1.165) is 25.1 Å². The van der Waals surface area contributed by atoms with Gasteiger partial charge in [0.25, 0.3) is 5.91 Å². The van der Waals surface area contributed by atoms with Crippen LogP contribution in [0.4, 0.5) is 0 Å². The van der Waals surface area contributed by atoms with Crippen molar-refractivity contribution in [3.8, 4) is 5.75 Å². The van der Waals surface area contributed by atoms with Crippen LogP contribution in [0.5, 0.6) is 5.75 Å². The minimum atomic E-state index is 0.0409. The van der Waals surface area contributed by atoms with E-state index < -0.39 is 0 Å². The molecule has 0 aromatic heterocycles. The van der Waals surface area contributed by atoms with Crippen molar-refractivity contribution < 1.29 is 9.53 Å². The molecule has 1 amide bonds. The lowest BCUT2D eigenvalue weighted by molar-refractivity contribution is 0.0787. The predicted molar refractivity (Wildman–Crippen MR) is 95.3 cm³/mol. The summed E-state index contributed by atoms with van der Waals surface area (Å²) in [5, 5.41) is 0.684. The summed E-state index contributed by atoms with van der Waals surface area (Å²) in [6.45, 7) is 2.56. The Labute approximate surface area is 147 Å². The first kappa shape index (κ1) is 16.8. The number of carbonyl (C=O) groups is 1. The summed E-state index contributed by atoms with van der Waals surface area (Å²) in [5.41, 5.74) is 7.34. The fraction of sp³-hybridized carbons (Fsp3) is 0.316. The molecule has 1 atom stereocenters. The molecule has 0 spiro atoms. The Morgan fingerprint density at radius 3 is 2.83 bits per heavy atom. The van der Waals surface area contributed by atoms with E-state index in [1.54, 1.807) is 6.07 Å². The van der Waals surface area contributed by atoms with Gasteiger partial charge in [-0.15, -0.1) is 0 Å². The Morgan fingerprint density at radius 2 is 2.08 bits per heavy atom. The highest BCUT2D eigenvalue weighted by Gasteiger charge is 2.26. The molecule has 4 nitrogen and oxygen atoms in total. The Bertz CT molecular complexity index is 720. The second-order valence-corrected chi connectivity index (χ2v) is 6.52. The van der Waals surface area contributed by atoms with Crippen LogP contribution in [0.2, 0.25) is 5.02 Å². The van der Waals surface area contributed by atoms with Crippen LogP contribution in [0.3, 0.4) is 0 Å². The Hall–Kier alpha value is -2.04. The van der Waals surface area contributed by atoms with Gasteiger partial charge in [-0.25, -0.2) is 0 Å². The molecule has 0 radical (unpaired) electrons. The zero-order chi connectivity index (χ0) is 16.9. The van der Waals surface area contributed by atoms with Crippen molar-refractivity contribution in [2.24, 2.45) is 11.7 Å². The number of benzene rings is 2. The van der Waals surface area contributed by atoms with E-state index in [1.165, 1.54) is 0 Å². The summed E-state index contributed by atoms with van der Waals surface area (Å²) >= 11 is 5.98. The van der Waals surface area contributed by atoms with E-state index in [1.807, 2.05) is 47.4 Å². The predicted octanol–water partition coefficient (Wildman–Crippen LogP) is 3.34. The molecule has 1 fully saturated rings. The molecule has 3 rings (SSSR count). The topological polar surface area (TPSA) is 55.6 Å². The molecule has 5 heteroatoms. The van der Waals surface area contributed by atoms with Gasteiger partial charge in [-0.05, 0) is 54.8 Å². The number of carbonyl (C=O) groups excluding carboxylic acids is 1. The van der Waals surface area contributed by atoms with E-state index in [2.05, 4.69) is 0 Å². The summed E-state index contributed by atoms with van der Waals surface area (Å²) in [6.07, 6.45) is 0.979. The highest BCUT2D eigenvalue weighted by Crippen LogP contribution is 2.21. The summed E-state index contributed by atoms with van der Waals surface area (Å²) in [5.74, 6) is 1.13. The summed E-state index contributed by atoms with van der Waals surface area (Å²) in [4.78, 5) is 14.5. The number of halogens is 1. The highest BCUT2D eigenvalue weighted by molar-refractivity contribution is 6.30. The molecule has 0 bridgehead atoms. The van der Waals surface area contributed by atoms with Crippen molar-refractivity contribution in [1.29, 1.82) is 0 Å². The molecule has 2 aromatic rings. The number of hydrogen-bond acceptors (Lipinski definition) is 3. The number of rotatable bonds is 5. The summed E-state index contributed by atoms with van der Waals surface area (Å²) in [7, 11) is 0. The van der Waals surface area contributed by atoms with Gasteiger partial charge in [-0.3, -0.25) is 4.79 Å². The van der Waals surface area contributed by atoms with E-state index >= 15 is 0 Å². The largest absolute Gasteiger partial charge is 0.489 e. The van der Waals surface area contributed by atoms with Crippen LogP contribution in [0.25, 0.3) is 0 Å². The number of amides is 1. The van der Waals surface area contributed by atoms with Crippen LogP contribution in [-0.2, 0) is 6.61 Å².